The number of carbonyl (C=O) groups excluding carboxylic acids is 1. The molecule has 0 aliphatic carbocycles. The monoisotopic (exact) mass is 253 g/mol. The minimum Gasteiger partial charge on any atom is -0.481 e. The summed E-state index contributed by atoms with van der Waals surface area (Å²) in [4.78, 5) is 11.5. The molecule has 17 heavy (non-hydrogen) atoms. The van der Waals surface area contributed by atoms with Gasteiger partial charge in [-0.2, -0.15) is 0 Å². The van der Waals surface area contributed by atoms with E-state index in [0.717, 1.165) is 5.56 Å². The normalized spacial score (nSPS) is 11.7. The summed E-state index contributed by atoms with van der Waals surface area (Å²) in [6.45, 7) is 7.55. The zero-order valence-corrected chi connectivity index (χ0v) is 10.8. The van der Waals surface area contributed by atoms with Crippen molar-refractivity contribution in [1.82, 2.24) is 5.32 Å². The van der Waals surface area contributed by atoms with Gasteiger partial charge < -0.3 is 10.1 Å². The number of hydrogen-bond acceptors (Lipinski definition) is 2. The van der Waals surface area contributed by atoms with E-state index in [2.05, 4.69) is 11.9 Å². The van der Waals surface area contributed by atoms with Gasteiger partial charge in [0.2, 0.25) is 0 Å². The quantitative estimate of drug-likeness (QED) is 0.820. The molecule has 0 fully saturated rings. The predicted molar refractivity (Wildman–Crippen MR) is 69.5 cm³/mol. The van der Waals surface area contributed by atoms with Gasteiger partial charge in [0, 0.05) is 11.6 Å². The van der Waals surface area contributed by atoms with E-state index in [0.29, 0.717) is 17.3 Å². The highest BCUT2D eigenvalue weighted by Crippen LogP contribution is 2.21. The van der Waals surface area contributed by atoms with Crippen LogP contribution in [-0.4, -0.2) is 18.6 Å². The standard InChI is InChI=1S/C13H16ClNO2/c1-4-7-15-13(16)10(3)17-11-5-6-12(14)9(2)8-11/h4-6,8,10H,1,7H2,2-3H3,(H,15,16)/t10-/m0/s1. The fourth-order valence-electron chi connectivity index (χ4n) is 1.26. The van der Waals surface area contributed by atoms with Crippen LogP contribution < -0.4 is 10.1 Å². The van der Waals surface area contributed by atoms with Crippen molar-refractivity contribution in [2.75, 3.05) is 6.54 Å². The SMILES string of the molecule is C=CCNC(=O)[C@H](C)Oc1ccc(Cl)c(C)c1. The van der Waals surface area contributed by atoms with Crippen LogP contribution in [0, 0.1) is 6.92 Å². The number of carbonyl (C=O) groups is 1. The molecule has 1 aromatic rings. The third kappa shape index (κ3) is 4.11. The zero-order chi connectivity index (χ0) is 12.8. The minimum atomic E-state index is -0.546. The zero-order valence-electron chi connectivity index (χ0n) is 10.00. The molecule has 1 rings (SSSR count). The van der Waals surface area contributed by atoms with E-state index >= 15 is 0 Å². The highest BCUT2D eigenvalue weighted by Gasteiger charge is 2.13. The lowest BCUT2D eigenvalue weighted by molar-refractivity contribution is -0.127. The maximum absolute atomic E-state index is 11.5. The van der Waals surface area contributed by atoms with Crippen LogP contribution in [0.1, 0.15) is 12.5 Å². The molecule has 0 unspecified atom stereocenters. The van der Waals surface area contributed by atoms with Crippen molar-refractivity contribution in [3.8, 4) is 5.75 Å². The van der Waals surface area contributed by atoms with Crippen LogP contribution in [0.15, 0.2) is 30.9 Å². The molecule has 0 spiro atoms. The molecule has 1 atom stereocenters. The van der Waals surface area contributed by atoms with Gasteiger partial charge in [0.05, 0.1) is 0 Å². The Morgan fingerprint density at radius 1 is 1.65 bits per heavy atom. The summed E-state index contributed by atoms with van der Waals surface area (Å²) in [7, 11) is 0. The molecular formula is C13H16ClNO2. The fraction of sp³-hybridized carbons (Fsp3) is 0.308. The average Bonchev–Trinajstić information content (AvgIpc) is 2.30. The first kappa shape index (κ1) is 13.6. The highest BCUT2D eigenvalue weighted by molar-refractivity contribution is 6.31. The first-order chi connectivity index (χ1) is 8.04. The summed E-state index contributed by atoms with van der Waals surface area (Å²) in [5.74, 6) is 0.464. The van der Waals surface area contributed by atoms with Crippen LogP contribution in [-0.2, 0) is 4.79 Å². The Labute approximate surface area is 106 Å². The van der Waals surface area contributed by atoms with Crippen molar-refractivity contribution in [2.24, 2.45) is 0 Å². The smallest absolute Gasteiger partial charge is 0.261 e. The molecule has 92 valence electrons. The molecule has 1 aromatic carbocycles. The Kier molecular flexibility index (Phi) is 5.04. The Morgan fingerprint density at radius 3 is 2.94 bits per heavy atom. The van der Waals surface area contributed by atoms with Crippen LogP contribution >= 0.6 is 11.6 Å². The lowest BCUT2D eigenvalue weighted by Crippen LogP contribution is -2.36. The molecular weight excluding hydrogens is 238 g/mol. The van der Waals surface area contributed by atoms with Crippen LogP contribution in [0.4, 0.5) is 0 Å². The van der Waals surface area contributed by atoms with Crippen molar-refractivity contribution >= 4 is 17.5 Å². The molecule has 0 aromatic heterocycles. The van der Waals surface area contributed by atoms with Crippen molar-refractivity contribution < 1.29 is 9.53 Å². The summed E-state index contributed by atoms with van der Waals surface area (Å²) in [6.07, 6.45) is 1.08. The largest absolute Gasteiger partial charge is 0.481 e. The van der Waals surface area contributed by atoms with Gasteiger partial charge in [-0.1, -0.05) is 17.7 Å². The molecule has 0 saturated carbocycles. The molecule has 1 amide bonds. The predicted octanol–water partition coefficient (Wildman–Crippen LogP) is 2.72. The Balaban J connectivity index is 2.61. The molecule has 1 N–H and O–H groups in total. The highest BCUT2D eigenvalue weighted by atomic mass is 35.5. The number of benzene rings is 1. The van der Waals surface area contributed by atoms with Gasteiger partial charge in [-0.25, -0.2) is 0 Å². The maximum atomic E-state index is 11.5. The van der Waals surface area contributed by atoms with Gasteiger partial charge >= 0.3 is 0 Å². The number of halogens is 1. The second-order valence-electron chi connectivity index (χ2n) is 3.70. The van der Waals surface area contributed by atoms with E-state index < -0.39 is 6.10 Å². The van der Waals surface area contributed by atoms with Crippen molar-refractivity contribution in [2.45, 2.75) is 20.0 Å². The number of amides is 1. The van der Waals surface area contributed by atoms with E-state index in [1.165, 1.54) is 0 Å². The van der Waals surface area contributed by atoms with Gasteiger partial charge in [-0.15, -0.1) is 6.58 Å². The second-order valence-corrected chi connectivity index (χ2v) is 4.11. The van der Waals surface area contributed by atoms with Crippen LogP contribution in [0.3, 0.4) is 0 Å². The van der Waals surface area contributed by atoms with E-state index in [1.807, 2.05) is 6.92 Å². The van der Waals surface area contributed by atoms with Gasteiger partial charge in [0.1, 0.15) is 5.75 Å². The van der Waals surface area contributed by atoms with E-state index in [4.69, 9.17) is 16.3 Å². The van der Waals surface area contributed by atoms with Gasteiger partial charge in [-0.05, 0) is 37.6 Å². The lowest BCUT2D eigenvalue weighted by atomic mass is 10.2. The van der Waals surface area contributed by atoms with E-state index in [-0.39, 0.29) is 5.91 Å². The van der Waals surface area contributed by atoms with Crippen molar-refractivity contribution in [3.63, 3.8) is 0 Å². The first-order valence-electron chi connectivity index (χ1n) is 5.36. The van der Waals surface area contributed by atoms with Gasteiger partial charge in [0.15, 0.2) is 6.10 Å². The average molecular weight is 254 g/mol. The Hall–Kier alpha value is -1.48. The molecule has 0 heterocycles. The molecule has 0 aliphatic heterocycles. The Bertz CT molecular complexity index is 418. The van der Waals surface area contributed by atoms with E-state index in [9.17, 15) is 4.79 Å². The minimum absolute atomic E-state index is 0.169. The summed E-state index contributed by atoms with van der Waals surface area (Å²) >= 11 is 5.90. The summed E-state index contributed by atoms with van der Waals surface area (Å²) in [5.41, 5.74) is 0.919. The van der Waals surface area contributed by atoms with Crippen LogP contribution in [0.5, 0.6) is 5.75 Å². The molecule has 0 bridgehead atoms. The van der Waals surface area contributed by atoms with Crippen molar-refractivity contribution in [1.29, 1.82) is 0 Å². The molecule has 0 aliphatic rings. The number of nitrogens with one attached hydrogen (secondary N) is 1. The maximum Gasteiger partial charge on any atom is 0.261 e. The Morgan fingerprint density at radius 2 is 2.35 bits per heavy atom. The third-order valence-electron chi connectivity index (χ3n) is 2.23. The summed E-state index contributed by atoms with van der Waals surface area (Å²) in [5, 5.41) is 3.35. The number of rotatable bonds is 5. The van der Waals surface area contributed by atoms with E-state index in [1.54, 1.807) is 31.2 Å². The van der Waals surface area contributed by atoms with Gasteiger partial charge in [-0.3, -0.25) is 4.79 Å². The molecule has 3 nitrogen and oxygen atoms in total. The second kappa shape index (κ2) is 6.30. The number of hydrogen-bond donors (Lipinski definition) is 1. The molecule has 4 heteroatoms. The topological polar surface area (TPSA) is 38.3 Å². The first-order valence-corrected chi connectivity index (χ1v) is 5.74. The van der Waals surface area contributed by atoms with Crippen LogP contribution in [0.25, 0.3) is 0 Å². The fourth-order valence-corrected chi connectivity index (χ4v) is 1.38. The van der Waals surface area contributed by atoms with Gasteiger partial charge in [0.25, 0.3) is 5.91 Å². The summed E-state index contributed by atoms with van der Waals surface area (Å²) in [6, 6.07) is 5.30. The van der Waals surface area contributed by atoms with Crippen molar-refractivity contribution in [3.05, 3.63) is 41.4 Å². The summed E-state index contributed by atoms with van der Waals surface area (Å²) < 4.78 is 5.50. The number of aryl methyl sites for hydroxylation is 1. The number of ether oxygens (including phenoxy) is 1. The molecule has 0 radical (unpaired) electrons. The third-order valence-corrected chi connectivity index (χ3v) is 2.66. The van der Waals surface area contributed by atoms with Crippen LogP contribution in [0.2, 0.25) is 5.02 Å². The molecule has 0 saturated heterocycles. The lowest BCUT2D eigenvalue weighted by Gasteiger charge is -2.14.